The molecule has 23 heavy (non-hydrogen) atoms. The molecule has 9 heteroatoms. The molecule has 0 spiro atoms. The van der Waals surface area contributed by atoms with Crippen molar-refractivity contribution in [3.05, 3.63) is 16.3 Å². The molecule has 0 bridgehead atoms. The van der Waals surface area contributed by atoms with E-state index in [0.717, 1.165) is 37.0 Å². The van der Waals surface area contributed by atoms with E-state index in [4.69, 9.17) is 5.73 Å². The number of ether oxygens (including phenoxy) is 1. The molecule has 2 atom stereocenters. The average Bonchev–Trinajstić information content (AvgIpc) is 2.99. The van der Waals surface area contributed by atoms with E-state index in [1.54, 1.807) is 0 Å². The number of carbonyl (C=O) groups excluding carboxylic acids is 1. The highest BCUT2D eigenvalue weighted by molar-refractivity contribution is 7.89. The Balaban J connectivity index is 0.00000264. The number of hydrogen-bond acceptors (Lipinski definition) is 6. The summed E-state index contributed by atoms with van der Waals surface area (Å²) in [4.78, 5) is 11.8. The lowest BCUT2D eigenvalue weighted by atomic mass is 9.74. The van der Waals surface area contributed by atoms with Crippen molar-refractivity contribution in [2.75, 3.05) is 13.7 Å². The van der Waals surface area contributed by atoms with Crippen molar-refractivity contribution in [2.45, 2.75) is 43.0 Å². The Morgan fingerprint density at radius 3 is 2.78 bits per heavy atom. The second-order valence-corrected chi connectivity index (χ2v) is 8.34. The second kappa shape index (κ2) is 7.94. The monoisotopic (exact) mass is 382 g/mol. The van der Waals surface area contributed by atoms with Gasteiger partial charge in [-0.05, 0) is 24.8 Å². The minimum Gasteiger partial charge on any atom is -0.465 e. The van der Waals surface area contributed by atoms with Crippen LogP contribution in [0.1, 0.15) is 42.3 Å². The highest BCUT2D eigenvalue weighted by atomic mass is 35.5. The van der Waals surface area contributed by atoms with Crippen LogP contribution in [0.15, 0.2) is 16.3 Å². The topological polar surface area (TPSA) is 98.5 Å². The van der Waals surface area contributed by atoms with Crippen LogP contribution in [0.4, 0.5) is 0 Å². The fourth-order valence-corrected chi connectivity index (χ4v) is 5.63. The Hall–Kier alpha value is -0.670. The van der Waals surface area contributed by atoms with Crippen LogP contribution in [0.3, 0.4) is 0 Å². The van der Waals surface area contributed by atoms with Crippen molar-refractivity contribution in [3.8, 4) is 0 Å². The molecule has 132 valence electrons. The zero-order chi connectivity index (χ0) is 16.4. The molecule has 0 aromatic carbocycles. The van der Waals surface area contributed by atoms with Crippen molar-refractivity contribution in [2.24, 2.45) is 11.7 Å². The van der Waals surface area contributed by atoms with Crippen LogP contribution in [-0.4, -0.2) is 33.6 Å². The summed E-state index contributed by atoms with van der Waals surface area (Å²) in [6.07, 6.45) is 3.74. The van der Waals surface area contributed by atoms with Crippen LogP contribution in [-0.2, 0) is 14.8 Å². The third-order valence-electron chi connectivity index (χ3n) is 4.43. The number of rotatable bonds is 5. The molecule has 3 N–H and O–H groups in total. The first-order valence-corrected chi connectivity index (χ1v) is 9.62. The van der Waals surface area contributed by atoms with E-state index in [1.807, 2.05) is 6.92 Å². The minimum atomic E-state index is -3.71. The highest BCUT2D eigenvalue weighted by Gasteiger charge is 2.40. The van der Waals surface area contributed by atoms with E-state index in [1.165, 1.54) is 18.6 Å². The van der Waals surface area contributed by atoms with Crippen LogP contribution in [0, 0.1) is 5.92 Å². The Bertz CT molecular complexity index is 647. The summed E-state index contributed by atoms with van der Waals surface area (Å²) in [7, 11) is -2.45. The molecule has 1 aromatic rings. The minimum absolute atomic E-state index is 0. The quantitative estimate of drug-likeness (QED) is 0.760. The Labute approximate surface area is 147 Å². The Morgan fingerprint density at radius 2 is 2.22 bits per heavy atom. The predicted molar refractivity (Wildman–Crippen MR) is 92.6 cm³/mol. The number of halogens is 1. The largest absolute Gasteiger partial charge is 0.465 e. The molecule has 0 saturated heterocycles. The van der Waals surface area contributed by atoms with Crippen molar-refractivity contribution < 1.29 is 17.9 Å². The summed E-state index contributed by atoms with van der Waals surface area (Å²) in [5.41, 5.74) is 5.28. The average molecular weight is 383 g/mol. The summed E-state index contributed by atoms with van der Waals surface area (Å²) in [5.74, 6) is -0.356. The molecule has 1 aliphatic carbocycles. The molecule has 0 radical (unpaired) electrons. The lowest BCUT2D eigenvalue weighted by Gasteiger charge is -2.42. The van der Waals surface area contributed by atoms with E-state index in [0.29, 0.717) is 0 Å². The van der Waals surface area contributed by atoms with Gasteiger partial charge in [-0.2, -0.15) is 0 Å². The standard InChI is InChI=1S/C14H22N2O4S2.ClH/c1-10-5-3-4-6-14(10,9-15)16-22(18,19)11-7-12(21-8-11)13(17)20-2;/h7-8,10,16H,3-6,9,15H2,1-2H3;1H. The fourth-order valence-electron chi connectivity index (χ4n) is 2.90. The highest BCUT2D eigenvalue weighted by Crippen LogP contribution is 2.34. The van der Waals surface area contributed by atoms with Gasteiger partial charge in [0.1, 0.15) is 4.88 Å². The van der Waals surface area contributed by atoms with E-state index in [2.05, 4.69) is 9.46 Å². The van der Waals surface area contributed by atoms with Gasteiger partial charge in [-0.3, -0.25) is 0 Å². The van der Waals surface area contributed by atoms with E-state index in [9.17, 15) is 13.2 Å². The lowest BCUT2D eigenvalue weighted by molar-refractivity contribution is 0.0606. The molecule has 0 amide bonds. The molecule has 1 saturated carbocycles. The SMILES string of the molecule is COC(=O)c1cc(S(=O)(=O)NC2(CN)CCCCC2C)cs1.Cl. The number of esters is 1. The predicted octanol–water partition coefficient (Wildman–Crippen LogP) is 2.14. The lowest BCUT2D eigenvalue weighted by Crippen LogP contribution is -2.58. The number of methoxy groups -OCH3 is 1. The second-order valence-electron chi connectivity index (χ2n) is 5.75. The zero-order valence-corrected chi connectivity index (χ0v) is 15.7. The number of thiophene rings is 1. The first-order valence-electron chi connectivity index (χ1n) is 7.25. The van der Waals surface area contributed by atoms with Gasteiger partial charge in [0.05, 0.1) is 12.0 Å². The molecule has 2 unspecified atom stereocenters. The van der Waals surface area contributed by atoms with Gasteiger partial charge >= 0.3 is 5.97 Å². The van der Waals surface area contributed by atoms with Gasteiger partial charge < -0.3 is 10.5 Å². The molecule has 1 aliphatic rings. The maximum absolute atomic E-state index is 12.6. The number of nitrogens with one attached hydrogen (secondary N) is 1. The molecule has 2 rings (SSSR count). The van der Waals surface area contributed by atoms with Gasteiger partial charge in [-0.15, -0.1) is 23.7 Å². The maximum Gasteiger partial charge on any atom is 0.348 e. The summed E-state index contributed by atoms with van der Waals surface area (Å²) >= 11 is 1.05. The van der Waals surface area contributed by atoms with E-state index >= 15 is 0 Å². The van der Waals surface area contributed by atoms with Crippen LogP contribution in [0.2, 0.25) is 0 Å². The normalized spacial score (nSPS) is 24.7. The molecule has 1 fully saturated rings. The van der Waals surface area contributed by atoms with Crippen molar-refractivity contribution >= 4 is 39.7 Å². The smallest absolute Gasteiger partial charge is 0.348 e. The van der Waals surface area contributed by atoms with Gasteiger partial charge in [0, 0.05) is 17.5 Å². The number of carbonyl (C=O) groups is 1. The van der Waals surface area contributed by atoms with Crippen LogP contribution >= 0.6 is 23.7 Å². The number of hydrogen-bond donors (Lipinski definition) is 2. The molecule has 1 aromatic heterocycles. The van der Waals surface area contributed by atoms with Crippen molar-refractivity contribution in [1.29, 1.82) is 0 Å². The van der Waals surface area contributed by atoms with Gasteiger partial charge in [-0.25, -0.2) is 17.9 Å². The molecule has 6 nitrogen and oxygen atoms in total. The first kappa shape index (κ1) is 20.4. The maximum atomic E-state index is 12.6. The van der Waals surface area contributed by atoms with Gasteiger partial charge in [0.15, 0.2) is 0 Å². The molecular formula is C14H23ClN2O4S2. The third-order valence-corrected chi connectivity index (χ3v) is 7.02. The van der Waals surface area contributed by atoms with Gasteiger partial charge in [0.25, 0.3) is 0 Å². The summed E-state index contributed by atoms with van der Waals surface area (Å²) in [6.45, 7) is 2.30. The van der Waals surface area contributed by atoms with E-state index in [-0.39, 0.29) is 34.6 Å². The van der Waals surface area contributed by atoms with Crippen LogP contribution in [0.5, 0.6) is 0 Å². The van der Waals surface area contributed by atoms with Crippen molar-refractivity contribution in [1.82, 2.24) is 4.72 Å². The summed E-state index contributed by atoms with van der Waals surface area (Å²) < 4.78 is 32.6. The molecule has 0 aliphatic heterocycles. The Morgan fingerprint density at radius 1 is 1.52 bits per heavy atom. The molecular weight excluding hydrogens is 360 g/mol. The first-order chi connectivity index (χ1) is 10.3. The van der Waals surface area contributed by atoms with Crippen molar-refractivity contribution in [3.63, 3.8) is 0 Å². The van der Waals surface area contributed by atoms with Crippen LogP contribution in [0.25, 0.3) is 0 Å². The Kier molecular flexibility index (Phi) is 7.03. The van der Waals surface area contributed by atoms with Gasteiger partial charge in [0.2, 0.25) is 10.0 Å². The third kappa shape index (κ3) is 4.24. The molecule has 1 heterocycles. The zero-order valence-electron chi connectivity index (χ0n) is 13.2. The number of nitrogens with two attached hydrogens (primary N) is 1. The van der Waals surface area contributed by atoms with E-state index < -0.39 is 21.5 Å². The van der Waals surface area contributed by atoms with Gasteiger partial charge in [-0.1, -0.05) is 19.8 Å². The number of sulfonamides is 1. The summed E-state index contributed by atoms with van der Waals surface area (Å²) in [5, 5.41) is 1.45. The van der Waals surface area contributed by atoms with Crippen LogP contribution < -0.4 is 10.5 Å². The fraction of sp³-hybridized carbons (Fsp3) is 0.643. The summed E-state index contributed by atoms with van der Waals surface area (Å²) in [6, 6.07) is 1.34.